The first-order valence-electron chi connectivity index (χ1n) is 20.5. The van der Waals surface area contributed by atoms with Gasteiger partial charge in [-0.2, -0.15) is 0 Å². The maximum atomic E-state index is 4.91. The van der Waals surface area contributed by atoms with Crippen LogP contribution >= 0.6 is 0 Å². The Kier molecular flexibility index (Phi) is 8.10. The van der Waals surface area contributed by atoms with Gasteiger partial charge in [0.1, 0.15) is 0 Å². The molecule has 0 aliphatic carbocycles. The van der Waals surface area contributed by atoms with E-state index in [1.54, 1.807) is 0 Å². The third kappa shape index (κ3) is 6.10. The Morgan fingerprint density at radius 1 is 0.262 bits per heavy atom. The van der Waals surface area contributed by atoms with E-state index >= 15 is 0 Å². The van der Waals surface area contributed by atoms with Crippen LogP contribution < -0.4 is 4.90 Å². The van der Waals surface area contributed by atoms with Crippen LogP contribution in [0.4, 0.5) is 17.1 Å². The van der Waals surface area contributed by atoms with Crippen molar-refractivity contribution in [3.63, 3.8) is 0 Å². The van der Waals surface area contributed by atoms with Crippen LogP contribution in [0.1, 0.15) is 0 Å². The minimum atomic E-state index is 0.885. The summed E-state index contributed by atoms with van der Waals surface area (Å²) in [6.07, 6.45) is 7.78. The number of nitrogens with zero attached hydrogens (tertiary/aromatic N) is 5. The van der Waals surface area contributed by atoms with Crippen LogP contribution in [-0.4, -0.2) is 19.9 Å². The Morgan fingerprint density at radius 2 is 0.721 bits per heavy atom. The Morgan fingerprint density at radius 3 is 1.30 bits per heavy atom. The summed E-state index contributed by atoms with van der Waals surface area (Å²) in [6.45, 7) is 0. The van der Waals surface area contributed by atoms with Crippen LogP contribution in [0.25, 0.3) is 98.5 Å². The first-order chi connectivity index (χ1) is 30.2. The zero-order valence-electron chi connectivity index (χ0n) is 32.9. The van der Waals surface area contributed by atoms with Gasteiger partial charge in [0, 0.05) is 74.5 Å². The molecule has 0 saturated heterocycles. The standard InChI is InChI=1S/C56H35N5/c1-2-8-36(9-3-1)39-20-26-49-40(28-39)14-15-41-29-46(25-27-50(41)49)61(44-21-16-37(17-22-44)53-30-55-51(34-59-53)47-12-6-4-10-42(47)32-57-55)45-23-18-38(19-24-45)54-31-56-52(35-60-54)48-13-7-5-11-43(48)33-58-56/h1-35H. The lowest BCUT2D eigenvalue weighted by atomic mass is 9.97. The molecule has 0 unspecified atom stereocenters. The van der Waals surface area contributed by atoms with Gasteiger partial charge in [0.25, 0.3) is 0 Å². The van der Waals surface area contributed by atoms with Gasteiger partial charge in [-0.1, -0.05) is 133 Å². The smallest absolute Gasteiger partial charge is 0.0745 e. The second-order valence-corrected chi connectivity index (χ2v) is 15.6. The molecule has 0 radical (unpaired) electrons. The van der Waals surface area contributed by atoms with E-state index in [4.69, 9.17) is 19.9 Å². The largest absolute Gasteiger partial charge is 0.310 e. The molecule has 0 aliphatic heterocycles. The summed E-state index contributed by atoms with van der Waals surface area (Å²) in [5.74, 6) is 0. The van der Waals surface area contributed by atoms with Gasteiger partial charge in [-0.3, -0.25) is 19.9 Å². The van der Waals surface area contributed by atoms with Crippen molar-refractivity contribution in [1.29, 1.82) is 0 Å². The summed E-state index contributed by atoms with van der Waals surface area (Å²) in [5.41, 5.74) is 11.3. The van der Waals surface area contributed by atoms with Gasteiger partial charge in [-0.05, 0) is 98.0 Å². The van der Waals surface area contributed by atoms with Crippen molar-refractivity contribution in [3.8, 4) is 33.6 Å². The molecule has 0 amide bonds. The van der Waals surface area contributed by atoms with Gasteiger partial charge >= 0.3 is 0 Å². The van der Waals surface area contributed by atoms with Crippen molar-refractivity contribution >= 4 is 82.0 Å². The fourth-order valence-electron chi connectivity index (χ4n) is 8.84. The second-order valence-electron chi connectivity index (χ2n) is 15.6. The Balaban J connectivity index is 0.934. The molecular formula is C56H35N5. The van der Waals surface area contributed by atoms with Crippen LogP contribution in [0, 0.1) is 0 Å². The van der Waals surface area contributed by atoms with Crippen molar-refractivity contribution in [3.05, 3.63) is 213 Å². The monoisotopic (exact) mass is 777 g/mol. The van der Waals surface area contributed by atoms with E-state index in [0.717, 1.165) is 82.9 Å². The molecule has 4 aromatic heterocycles. The minimum Gasteiger partial charge on any atom is -0.310 e. The molecule has 0 aliphatic rings. The zero-order chi connectivity index (χ0) is 40.3. The molecular weight excluding hydrogens is 743 g/mol. The van der Waals surface area contributed by atoms with E-state index < -0.39 is 0 Å². The summed E-state index contributed by atoms with van der Waals surface area (Å²) in [6, 6.07) is 66.8. The Hall–Kier alpha value is -8.28. The van der Waals surface area contributed by atoms with E-state index in [9.17, 15) is 0 Å². The Labute approximate surface area is 351 Å². The third-order valence-electron chi connectivity index (χ3n) is 12.0. The second kappa shape index (κ2) is 14.2. The topological polar surface area (TPSA) is 54.8 Å². The Bertz CT molecular complexity index is 3480. The highest BCUT2D eigenvalue weighted by molar-refractivity contribution is 6.10. The summed E-state index contributed by atoms with van der Waals surface area (Å²) < 4.78 is 0. The molecule has 5 nitrogen and oxygen atoms in total. The highest BCUT2D eigenvalue weighted by atomic mass is 15.1. The van der Waals surface area contributed by atoms with E-state index in [0.29, 0.717) is 0 Å². The van der Waals surface area contributed by atoms with Gasteiger partial charge in [0.05, 0.1) is 22.4 Å². The highest BCUT2D eigenvalue weighted by Crippen LogP contribution is 2.40. The number of fused-ring (bicyclic) bond motifs is 9. The predicted octanol–water partition coefficient (Wildman–Crippen LogP) is 14.7. The van der Waals surface area contributed by atoms with Crippen molar-refractivity contribution in [2.24, 2.45) is 0 Å². The number of hydrogen-bond acceptors (Lipinski definition) is 5. The van der Waals surface area contributed by atoms with E-state index in [-0.39, 0.29) is 0 Å². The molecule has 12 aromatic rings. The molecule has 0 N–H and O–H groups in total. The number of rotatable bonds is 6. The third-order valence-corrected chi connectivity index (χ3v) is 12.0. The highest BCUT2D eigenvalue weighted by Gasteiger charge is 2.16. The lowest BCUT2D eigenvalue weighted by Crippen LogP contribution is -2.10. The molecule has 5 heteroatoms. The molecule has 0 atom stereocenters. The van der Waals surface area contributed by atoms with Crippen LogP contribution in [0.2, 0.25) is 0 Å². The molecule has 0 spiro atoms. The molecule has 12 rings (SSSR count). The maximum absolute atomic E-state index is 4.91. The number of pyridine rings is 4. The average molecular weight is 778 g/mol. The van der Waals surface area contributed by atoms with E-state index in [1.807, 2.05) is 36.9 Å². The van der Waals surface area contributed by atoms with Crippen LogP contribution in [0.3, 0.4) is 0 Å². The summed E-state index contributed by atoms with van der Waals surface area (Å²) in [5, 5.41) is 11.5. The summed E-state index contributed by atoms with van der Waals surface area (Å²) >= 11 is 0. The quantitative estimate of drug-likeness (QED) is 0.157. The molecule has 284 valence electrons. The van der Waals surface area contributed by atoms with Crippen LogP contribution in [-0.2, 0) is 0 Å². The molecule has 8 aromatic carbocycles. The van der Waals surface area contributed by atoms with Gasteiger partial charge in [-0.15, -0.1) is 0 Å². The lowest BCUT2D eigenvalue weighted by molar-refractivity contribution is 1.28. The zero-order valence-corrected chi connectivity index (χ0v) is 32.9. The normalized spacial score (nSPS) is 11.6. The molecule has 0 bridgehead atoms. The molecule has 4 heterocycles. The average Bonchev–Trinajstić information content (AvgIpc) is 3.34. The van der Waals surface area contributed by atoms with Crippen molar-refractivity contribution in [2.45, 2.75) is 0 Å². The molecule has 61 heavy (non-hydrogen) atoms. The predicted molar refractivity (Wildman–Crippen MR) is 254 cm³/mol. The van der Waals surface area contributed by atoms with Gasteiger partial charge < -0.3 is 4.90 Å². The number of benzene rings is 8. The summed E-state index contributed by atoms with van der Waals surface area (Å²) in [7, 11) is 0. The van der Waals surface area contributed by atoms with Crippen LogP contribution in [0.5, 0.6) is 0 Å². The van der Waals surface area contributed by atoms with Crippen molar-refractivity contribution < 1.29 is 0 Å². The first-order valence-corrected chi connectivity index (χ1v) is 20.5. The number of anilines is 3. The number of hydrogen-bond donors (Lipinski definition) is 0. The van der Waals surface area contributed by atoms with Gasteiger partial charge in [0.15, 0.2) is 0 Å². The SMILES string of the molecule is c1ccc(-c2ccc3c(ccc4cc(N(c5ccc(-c6cc7ncc8ccccc8c7cn6)cc5)c5ccc(-c6cc7ncc8ccccc8c7cn6)cc5)ccc43)c2)cc1. The van der Waals surface area contributed by atoms with Crippen LogP contribution in [0.15, 0.2) is 213 Å². The maximum Gasteiger partial charge on any atom is 0.0745 e. The van der Waals surface area contributed by atoms with Gasteiger partial charge in [0.2, 0.25) is 0 Å². The fourth-order valence-corrected chi connectivity index (χ4v) is 8.84. The number of aromatic nitrogens is 4. The first kappa shape index (κ1) is 34.7. The molecule has 0 fully saturated rings. The molecule has 0 saturated carbocycles. The fraction of sp³-hybridized carbons (Fsp3) is 0. The van der Waals surface area contributed by atoms with Gasteiger partial charge in [-0.25, -0.2) is 0 Å². The minimum absolute atomic E-state index is 0.885. The van der Waals surface area contributed by atoms with Crippen molar-refractivity contribution in [1.82, 2.24) is 19.9 Å². The lowest BCUT2D eigenvalue weighted by Gasteiger charge is -2.26. The van der Waals surface area contributed by atoms with E-state index in [2.05, 4.69) is 181 Å². The van der Waals surface area contributed by atoms with Crippen molar-refractivity contribution in [2.75, 3.05) is 4.90 Å². The summed E-state index contributed by atoms with van der Waals surface area (Å²) in [4.78, 5) is 21.7. The van der Waals surface area contributed by atoms with E-state index in [1.165, 1.54) is 32.7 Å².